The number of nitrogens with one attached hydrogen (secondary N) is 1. The number of thioether (sulfide) groups is 1. The molecule has 0 aromatic heterocycles. The van der Waals surface area contributed by atoms with Crippen LogP contribution in [-0.4, -0.2) is 25.4 Å². The minimum atomic E-state index is -0.262. The topological polar surface area (TPSA) is 47.6 Å². The number of rotatable bonds is 4. The summed E-state index contributed by atoms with van der Waals surface area (Å²) in [5.41, 5.74) is 1.45. The van der Waals surface area contributed by atoms with Crippen LogP contribution < -0.4 is 14.8 Å². The SMILES string of the molecule is CSc1ccc(/C=C/C(=O)Nc2cc3c(cc2Cl)OCCO3)cc1. The highest BCUT2D eigenvalue weighted by atomic mass is 35.5. The summed E-state index contributed by atoms with van der Waals surface area (Å²) < 4.78 is 10.9. The molecule has 6 heteroatoms. The molecule has 1 heterocycles. The zero-order chi connectivity index (χ0) is 16.9. The zero-order valence-electron chi connectivity index (χ0n) is 13.0. The number of hydrogen-bond donors (Lipinski definition) is 1. The predicted octanol–water partition coefficient (Wildman–Crippen LogP) is 4.49. The molecule has 0 unspecified atom stereocenters. The Morgan fingerprint density at radius 2 is 1.83 bits per heavy atom. The molecule has 0 fully saturated rings. The van der Waals surface area contributed by atoms with Crippen molar-refractivity contribution in [2.75, 3.05) is 24.8 Å². The fraction of sp³-hybridized carbons (Fsp3) is 0.167. The summed E-state index contributed by atoms with van der Waals surface area (Å²) in [4.78, 5) is 13.3. The Bertz CT molecular complexity index is 775. The van der Waals surface area contributed by atoms with Crippen molar-refractivity contribution >= 4 is 41.0 Å². The Labute approximate surface area is 149 Å². The molecule has 0 bridgehead atoms. The highest BCUT2D eigenvalue weighted by Gasteiger charge is 2.15. The fourth-order valence-electron chi connectivity index (χ4n) is 2.22. The second kappa shape index (κ2) is 7.64. The molecule has 124 valence electrons. The molecule has 0 saturated carbocycles. The van der Waals surface area contributed by atoms with Crippen LogP contribution in [0.15, 0.2) is 47.4 Å². The monoisotopic (exact) mass is 361 g/mol. The number of amides is 1. The summed E-state index contributed by atoms with van der Waals surface area (Å²) in [6, 6.07) is 11.3. The molecule has 24 heavy (non-hydrogen) atoms. The van der Waals surface area contributed by atoms with E-state index in [1.165, 1.54) is 11.0 Å². The van der Waals surface area contributed by atoms with E-state index in [0.29, 0.717) is 35.4 Å². The average Bonchev–Trinajstić information content (AvgIpc) is 2.61. The van der Waals surface area contributed by atoms with E-state index < -0.39 is 0 Å². The maximum Gasteiger partial charge on any atom is 0.248 e. The number of carbonyl (C=O) groups excluding carboxylic acids is 1. The third-order valence-corrected chi connectivity index (χ3v) is 4.49. The van der Waals surface area contributed by atoms with Crippen LogP contribution in [0.1, 0.15) is 5.56 Å². The molecular formula is C18H16ClNO3S. The smallest absolute Gasteiger partial charge is 0.248 e. The molecule has 0 spiro atoms. The van der Waals surface area contributed by atoms with Gasteiger partial charge in [-0.05, 0) is 30.0 Å². The Kier molecular flexibility index (Phi) is 5.33. The number of fused-ring (bicyclic) bond motifs is 1. The number of anilines is 1. The zero-order valence-corrected chi connectivity index (χ0v) is 14.6. The van der Waals surface area contributed by atoms with E-state index in [1.807, 2.05) is 30.5 Å². The van der Waals surface area contributed by atoms with Crippen LogP contribution in [0.2, 0.25) is 5.02 Å². The first kappa shape index (κ1) is 16.7. The van der Waals surface area contributed by atoms with Crippen molar-refractivity contribution in [1.82, 2.24) is 0 Å². The van der Waals surface area contributed by atoms with E-state index in [0.717, 1.165) is 5.56 Å². The fourth-order valence-corrected chi connectivity index (χ4v) is 2.83. The number of benzene rings is 2. The van der Waals surface area contributed by atoms with Crippen LogP contribution in [0.3, 0.4) is 0 Å². The van der Waals surface area contributed by atoms with Gasteiger partial charge >= 0.3 is 0 Å². The largest absolute Gasteiger partial charge is 0.486 e. The van der Waals surface area contributed by atoms with E-state index in [1.54, 1.807) is 30.0 Å². The molecular weight excluding hydrogens is 346 g/mol. The maximum atomic E-state index is 12.1. The Morgan fingerprint density at radius 3 is 2.50 bits per heavy atom. The Hall–Kier alpha value is -2.11. The van der Waals surface area contributed by atoms with Gasteiger partial charge in [0.1, 0.15) is 13.2 Å². The molecule has 3 rings (SSSR count). The standard InChI is InChI=1S/C18H16ClNO3S/c1-24-13-5-2-12(3-6-13)4-7-18(21)20-15-11-17-16(10-14(15)19)22-8-9-23-17/h2-7,10-11H,8-9H2,1H3,(H,20,21)/b7-4+. The summed E-state index contributed by atoms with van der Waals surface area (Å²) in [5, 5.41) is 3.16. The molecule has 0 radical (unpaired) electrons. The van der Waals surface area contributed by atoms with Gasteiger partial charge in [-0.2, -0.15) is 0 Å². The quantitative estimate of drug-likeness (QED) is 0.644. The third kappa shape index (κ3) is 4.04. The van der Waals surface area contributed by atoms with E-state index in [9.17, 15) is 4.79 Å². The highest BCUT2D eigenvalue weighted by Crippen LogP contribution is 2.37. The van der Waals surface area contributed by atoms with Crippen molar-refractivity contribution in [2.45, 2.75) is 4.90 Å². The molecule has 0 saturated heterocycles. The van der Waals surface area contributed by atoms with Gasteiger partial charge in [-0.25, -0.2) is 0 Å². The van der Waals surface area contributed by atoms with Gasteiger partial charge in [-0.1, -0.05) is 23.7 Å². The van der Waals surface area contributed by atoms with Crippen LogP contribution >= 0.6 is 23.4 Å². The summed E-state index contributed by atoms with van der Waals surface area (Å²) >= 11 is 7.86. The number of hydrogen-bond acceptors (Lipinski definition) is 4. The summed E-state index contributed by atoms with van der Waals surface area (Å²) in [6.45, 7) is 0.973. The first-order chi connectivity index (χ1) is 11.7. The van der Waals surface area contributed by atoms with Crippen molar-refractivity contribution < 1.29 is 14.3 Å². The lowest BCUT2D eigenvalue weighted by Crippen LogP contribution is -2.16. The lowest BCUT2D eigenvalue weighted by molar-refractivity contribution is -0.111. The number of ether oxygens (including phenoxy) is 2. The lowest BCUT2D eigenvalue weighted by Gasteiger charge is -2.19. The molecule has 0 atom stereocenters. The molecule has 1 aliphatic heterocycles. The first-order valence-electron chi connectivity index (χ1n) is 7.38. The predicted molar refractivity (Wildman–Crippen MR) is 98.3 cm³/mol. The van der Waals surface area contributed by atoms with Gasteiger partial charge in [0, 0.05) is 23.1 Å². The molecule has 2 aromatic carbocycles. The molecule has 0 aliphatic carbocycles. The number of halogens is 1. The average molecular weight is 362 g/mol. The van der Waals surface area contributed by atoms with E-state index in [4.69, 9.17) is 21.1 Å². The molecule has 1 N–H and O–H groups in total. The highest BCUT2D eigenvalue weighted by molar-refractivity contribution is 7.98. The van der Waals surface area contributed by atoms with Crippen molar-refractivity contribution in [1.29, 1.82) is 0 Å². The van der Waals surface area contributed by atoms with Gasteiger partial charge in [-0.15, -0.1) is 11.8 Å². The summed E-state index contributed by atoms with van der Waals surface area (Å²) in [5.74, 6) is 0.911. The van der Waals surface area contributed by atoms with Gasteiger partial charge in [-0.3, -0.25) is 4.79 Å². The summed E-state index contributed by atoms with van der Waals surface area (Å²) in [7, 11) is 0. The molecule has 1 aliphatic rings. The van der Waals surface area contributed by atoms with E-state index in [-0.39, 0.29) is 5.91 Å². The molecule has 4 nitrogen and oxygen atoms in total. The minimum absolute atomic E-state index is 0.262. The van der Waals surface area contributed by atoms with Crippen LogP contribution in [0.5, 0.6) is 11.5 Å². The second-order valence-corrected chi connectivity index (χ2v) is 6.36. The van der Waals surface area contributed by atoms with Gasteiger partial charge in [0.15, 0.2) is 11.5 Å². The maximum absolute atomic E-state index is 12.1. The van der Waals surface area contributed by atoms with Crippen molar-refractivity contribution in [3.8, 4) is 11.5 Å². The van der Waals surface area contributed by atoms with E-state index >= 15 is 0 Å². The Morgan fingerprint density at radius 1 is 1.17 bits per heavy atom. The van der Waals surface area contributed by atoms with Crippen LogP contribution in [0, 0.1) is 0 Å². The lowest BCUT2D eigenvalue weighted by atomic mass is 10.2. The first-order valence-corrected chi connectivity index (χ1v) is 8.98. The normalized spacial score (nSPS) is 13.1. The molecule has 2 aromatic rings. The van der Waals surface area contributed by atoms with Crippen LogP contribution in [0.4, 0.5) is 5.69 Å². The van der Waals surface area contributed by atoms with Gasteiger partial charge < -0.3 is 14.8 Å². The Balaban J connectivity index is 1.69. The van der Waals surface area contributed by atoms with Crippen LogP contribution in [0.25, 0.3) is 6.08 Å². The minimum Gasteiger partial charge on any atom is -0.486 e. The van der Waals surface area contributed by atoms with Crippen molar-refractivity contribution in [3.05, 3.63) is 53.1 Å². The van der Waals surface area contributed by atoms with Gasteiger partial charge in [0.2, 0.25) is 5.91 Å². The van der Waals surface area contributed by atoms with Gasteiger partial charge in [0.05, 0.1) is 10.7 Å². The summed E-state index contributed by atoms with van der Waals surface area (Å²) in [6.07, 6.45) is 5.25. The molecule has 1 amide bonds. The van der Waals surface area contributed by atoms with Crippen LogP contribution in [-0.2, 0) is 4.79 Å². The second-order valence-electron chi connectivity index (χ2n) is 5.07. The van der Waals surface area contributed by atoms with E-state index in [2.05, 4.69) is 5.32 Å². The van der Waals surface area contributed by atoms with Crippen molar-refractivity contribution in [3.63, 3.8) is 0 Å². The van der Waals surface area contributed by atoms with Gasteiger partial charge in [0.25, 0.3) is 0 Å². The number of carbonyl (C=O) groups is 1. The third-order valence-electron chi connectivity index (χ3n) is 3.43. The van der Waals surface area contributed by atoms with Crippen molar-refractivity contribution in [2.24, 2.45) is 0 Å².